The van der Waals surface area contributed by atoms with E-state index in [4.69, 9.17) is 5.21 Å². The Hall–Kier alpha value is -3.26. The van der Waals surface area contributed by atoms with Gasteiger partial charge in [0.05, 0.1) is 0 Å². The highest BCUT2D eigenvalue weighted by molar-refractivity contribution is 6.08. The van der Waals surface area contributed by atoms with Crippen LogP contribution in [0.15, 0.2) is 48.8 Å². The fourth-order valence-electron chi connectivity index (χ4n) is 2.34. The van der Waals surface area contributed by atoms with Crippen molar-refractivity contribution in [2.24, 2.45) is 0 Å². The number of amides is 3. The number of nitrogens with zero attached hydrogens (tertiary/aromatic N) is 2. The summed E-state index contributed by atoms with van der Waals surface area (Å²) in [6, 6.07) is 8.93. The SMILES string of the molecule is CNC(=O)C(C(=O)NO)N(C)C(=O)c1ccc(-c2ccncc2)cc1. The first-order valence-corrected chi connectivity index (χ1v) is 7.42. The van der Waals surface area contributed by atoms with Crippen LogP contribution in [0.25, 0.3) is 11.1 Å². The number of carbonyl (C=O) groups excluding carboxylic acids is 3. The molecule has 2 aromatic rings. The minimum Gasteiger partial charge on any atom is -0.357 e. The van der Waals surface area contributed by atoms with E-state index < -0.39 is 23.8 Å². The minimum atomic E-state index is -1.48. The molecule has 1 aromatic carbocycles. The van der Waals surface area contributed by atoms with Crippen molar-refractivity contribution in [3.05, 3.63) is 54.4 Å². The van der Waals surface area contributed by atoms with E-state index in [1.165, 1.54) is 19.6 Å². The third-order valence-corrected chi connectivity index (χ3v) is 3.71. The van der Waals surface area contributed by atoms with Crippen LogP contribution in [-0.4, -0.2) is 52.9 Å². The molecular formula is C17H18N4O4. The van der Waals surface area contributed by atoms with Crippen LogP contribution in [0.4, 0.5) is 0 Å². The van der Waals surface area contributed by atoms with E-state index in [1.54, 1.807) is 36.7 Å². The topological polar surface area (TPSA) is 112 Å². The fourth-order valence-corrected chi connectivity index (χ4v) is 2.34. The maximum absolute atomic E-state index is 12.5. The van der Waals surface area contributed by atoms with Crippen molar-refractivity contribution in [3.63, 3.8) is 0 Å². The number of nitrogens with one attached hydrogen (secondary N) is 2. The Morgan fingerprint density at radius 2 is 1.56 bits per heavy atom. The fraction of sp³-hybridized carbons (Fsp3) is 0.176. The van der Waals surface area contributed by atoms with Gasteiger partial charge in [0, 0.05) is 32.1 Å². The Balaban J connectivity index is 2.24. The standard InChI is InChI=1S/C17H18N4O4/c1-18-15(22)14(16(23)20-25)21(2)17(24)13-5-3-11(4-6-13)12-7-9-19-10-8-12/h3-10,14,25H,1-2H3,(H,18,22)(H,20,23). The molecule has 1 heterocycles. The second-order valence-electron chi connectivity index (χ2n) is 5.22. The van der Waals surface area contributed by atoms with E-state index in [2.05, 4.69) is 10.3 Å². The Bertz CT molecular complexity index is 746. The number of pyridine rings is 1. The average Bonchev–Trinajstić information content (AvgIpc) is 2.67. The predicted octanol–water partition coefficient (Wildman–Crippen LogP) is 0.441. The van der Waals surface area contributed by atoms with Crippen LogP contribution in [0, 0.1) is 0 Å². The van der Waals surface area contributed by atoms with Crippen molar-refractivity contribution < 1.29 is 19.6 Å². The molecule has 8 nitrogen and oxygen atoms in total. The smallest absolute Gasteiger partial charge is 0.275 e. The summed E-state index contributed by atoms with van der Waals surface area (Å²) in [5.74, 6) is -2.24. The highest BCUT2D eigenvalue weighted by atomic mass is 16.5. The second kappa shape index (κ2) is 8.02. The lowest BCUT2D eigenvalue weighted by molar-refractivity contribution is -0.140. The van der Waals surface area contributed by atoms with Gasteiger partial charge in [0.25, 0.3) is 17.7 Å². The average molecular weight is 342 g/mol. The zero-order chi connectivity index (χ0) is 18.4. The van der Waals surface area contributed by atoms with E-state index in [0.717, 1.165) is 16.0 Å². The Labute approximate surface area is 144 Å². The largest absolute Gasteiger partial charge is 0.357 e. The van der Waals surface area contributed by atoms with Crippen molar-refractivity contribution >= 4 is 17.7 Å². The van der Waals surface area contributed by atoms with Gasteiger partial charge in [-0.25, -0.2) is 5.48 Å². The Morgan fingerprint density at radius 3 is 2.08 bits per heavy atom. The van der Waals surface area contributed by atoms with Gasteiger partial charge in [0.15, 0.2) is 6.04 Å². The predicted molar refractivity (Wildman–Crippen MR) is 89.6 cm³/mol. The summed E-state index contributed by atoms with van der Waals surface area (Å²) in [4.78, 5) is 41.0. The number of hydroxylamine groups is 1. The molecule has 8 heteroatoms. The quantitative estimate of drug-likeness (QED) is 0.415. The van der Waals surface area contributed by atoms with E-state index in [-0.39, 0.29) is 0 Å². The van der Waals surface area contributed by atoms with Crippen LogP contribution >= 0.6 is 0 Å². The second-order valence-corrected chi connectivity index (χ2v) is 5.22. The van der Waals surface area contributed by atoms with Crippen LogP contribution in [0.5, 0.6) is 0 Å². The van der Waals surface area contributed by atoms with E-state index in [1.807, 2.05) is 12.1 Å². The van der Waals surface area contributed by atoms with Gasteiger partial charge in [-0.15, -0.1) is 0 Å². The van der Waals surface area contributed by atoms with Gasteiger partial charge in [-0.05, 0) is 35.4 Å². The Kier molecular flexibility index (Phi) is 5.80. The first-order chi connectivity index (χ1) is 12.0. The lowest BCUT2D eigenvalue weighted by atomic mass is 10.0. The van der Waals surface area contributed by atoms with E-state index >= 15 is 0 Å². The minimum absolute atomic E-state index is 0.306. The molecule has 0 saturated carbocycles. The monoisotopic (exact) mass is 342 g/mol. The number of likely N-dealkylation sites (N-methyl/N-ethyl adjacent to an activating group) is 2. The van der Waals surface area contributed by atoms with Gasteiger partial charge >= 0.3 is 0 Å². The van der Waals surface area contributed by atoms with Gasteiger partial charge in [0.1, 0.15) is 0 Å². The summed E-state index contributed by atoms with van der Waals surface area (Å²) in [7, 11) is 2.65. The molecule has 3 amide bonds. The summed E-state index contributed by atoms with van der Waals surface area (Å²) >= 11 is 0. The molecule has 1 atom stereocenters. The zero-order valence-corrected chi connectivity index (χ0v) is 13.8. The first-order valence-electron chi connectivity index (χ1n) is 7.42. The highest BCUT2D eigenvalue weighted by Crippen LogP contribution is 2.19. The molecule has 0 bridgehead atoms. The summed E-state index contributed by atoms with van der Waals surface area (Å²) in [6.07, 6.45) is 3.34. The van der Waals surface area contributed by atoms with Crippen LogP contribution in [0.2, 0.25) is 0 Å². The normalized spacial score (nSPS) is 11.3. The molecular weight excluding hydrogens is 324 g/mol. The number of carbonyl (C=O) groups is 3. The van der Waals surface area contributed by atoms with E-state index in [9.17, 15) is 14.4 Å². The molecule has 0 aliphatic carbocycles. The van der Waals surface area contributed by atoms with Crippen LogP contribution in [0.3, 0.4) is 0 Å². The maximum atomic E-state index is 12.5. The van der Waals surface area contributed by atoms with Crippen molar-refractivity contribution in [3.8, 4) is 11.1 Å². The molecule has 0 aliphatic rings. The summed E-state index contributed by atoms with van der Waals surface area (Å²) in [6.45, 7) is 0. The van der Waals surface area contributed by atoms with Gasteiger partial charge in [-0.1, -0.05) is 12.1 Å². The molecule has 0 saturated heterocycles. The number of hydrogen-bond donors (Lipinski definition) is 3. The Morgan fingerprint density at radius 1 is 1.00 bits per heavy atom. The molecule has 130 valence electrons. The molecule has 25 heavy (non-hydrogen) atoms. The highest BCUT2D eigenvalue weighted by Gasteiger charge is 2.33. The number of rotatable bonds is 5. The van der Waals surface area contributed by atoms with Gasteiger partial charge in [0.2, 0.25) is 0 Å². The van der Waals surface area contributed by atoms with Crippen molar-refractivity contribution in [2.75, 3.05) is 14.1 Å². The lowest BCUT2D eigenvalue weighted by Crippen LogP contribution is -2.54. The molecule has 0 radical (unpaired) electrons. The zero-order valence-electron chi connectivity index (χ0n) is 13.8. The lowest BCUT2D eigenvalue weighted by Gasteiger charge is -2.25. The van der Waals surface area contributed by atoms with E-state index in [0.29, 0.717) is 5.56 Å². The summed E-state index contributed by atoms with van der Waals surface area (Å²) in [5.41, 5.74) is 3.55. The summed E-state index contributed by atoms with van der Waals surface area (Å²) in [5, 5.41) is 11.1. The number of aromatic nitrogens is 1. The summed E-state index contributed by atoms with van der Waals surface area (Å²) < 4.78 is 0. The molecule has 2 rings (SSSR count). The molecule has 0 spiro atoms. The van der Waals surface area contributed by atoms with Gasteiger partial charge in [-0.2, -0.15) is 0 Å². The first kappa shape index (κ1) is 18.1. The molecule has 3 N–H and O–H groups in total. The maximum Gasteiger partial charge on any atom is 0.275 e. The molecule has 1 unspecified atom stereocenters. The van der Waals surface area contributed by atoms with Crippen molar-refractivity contribution in [1.82, 2.24) is 20.7 Å². The molecule has 1 aromatic heterocycles. The third-order valence-electron chi connectivity index (χ3n) is 3.71. The molecule has 0 fully saturated rings. The van der Waals surface area contributed by atoms with Crippen LogP contribution < -0.4 is 10.8 Å². The van der Waals surface area contributed by atoms with Gasteiger partial charge < -0.3 is 10.2 Å². The van der Waals surface area contributed by atoms with Crippen LogP contribution in [-0.2, 0) is 9.59 Å². The van der Waals surface area contributed by atoms with Crippen LogP contribution in [0.1, 0.15) is 10.4 Å². The van der Waals surface area contributed by atoms with Crippen molar-refractivity contribution in [2.45, 2.75) is 6.04 Å². The number of hydrogen-bond acceptors (Lipinski definition) is 5. The van der Waals surface area contributed by atoms with Crippen molar-refractivity contribution in [1.29, 1.82) is 0 Å². The third kappa shape index (κ3) is 3.99. The van der Waals surface area contributed by atoms with Gasteiger partial charge in [-0.3, -0.25) is 24.6 Å². The number of benzene rings is 1. The molecule has 0 aliphatic heterocycles.